The molecule has 0 aliphatic heterocycles. The van der Waals surface area contributed by atoms with Crippen molar-refractivity contribution in [2.45, 2.75) is 19.8 Å². The van der Waals surface area contributed by atoms with Crippen LogP contribution >= 0.6 is 11.3 Å². The Kier molecular flexibility index (Phi) is 8.29. The number of benzene rings is 1. The number of thiophene rings is 1. The highest BCUT2D eigenvalue weighted by Gasteiger charge is 2.13. The van der Waals surface area contributed by atoms with E-state index < -0.39 is 11.8 Å². The molecule has 2 aromatic rings. The molecule has 0 aliphatic rings. The molecule has 0 bridgehead atoms. The minimum atomic E-state index is -0.551. The van der Waals surface area contributed by atoms with Gasteiger partial charge in [-0.25, -0.2) is 0 Å². The summed E-state index contributed by atoms with van der Waals surface area (Å²) in [6.07, 6.45) is 1.93. The van der Waals surface area contributed by atoms with Crippen LogP contribution in [-0.4, -0.2) is 38.0 Å². The molecule has 0 fully saturated rings. The van der Waals surface area contributed by atoms with Gasteiger partial charge in [-0.3, -0.25) is 25.2 Å². The Hall–Kier alpha value is -3.07. The highest BCUT2D eigenvalue weighted by molar-refractivity contribution is 7.12. The quantitative estimate of drug-likeness (QED) is 0.438. The van der Waals surface area contributed by atoms with Gasteiger partial charge in [-0.15, -0.1) is 11.3 Å². The Morgan fingerprint density at radius 3 is 2.57 bits per heavy atom. The molecule has 0 saturated heterocycles. The minimum Gasteiger partial charge on any atom is -0.493 e. The van der Waals surface area contributed by atoms with E-state index in [1.54, 1.807) is 29.6 Å². The van der Waals surface area contributed by atoms with Crippen molar-refractivity contribution in [1.29, 1.82) is 0 Å². The number of carbonyl (C=O) groups is 3. The first-order valence-electron chi connectivity index (χ1n) is 8.76. The molecule has 0 atom stereocenters. The van der Waals surface area contributed by atoms with Crippen LogP contribution in [0.1, 0.15) is 39.8 Å². The van der Waals surface area contributed by atoms with Crippen LogP contribution in [0.2, 0.25) is 0 Å². The molecule has 0 aliphatic carbocycles. The molecule has 28 heavy (non-hydrogen) atoms. The second kappa shape index (κ2) is 10.9. The van der Waals surface area contributed by atoms with E-state index in [0.717, 1.165) is 12.8 Å². The Morgan fingerprint density at radius 1 is 1.07 bits per heavy atom. The number of carbonyl (C=O) groups excluding carboxylic acids is 3. The predicted molar refractivity (Wildman–Crippen MR) is 106 cm³/mol. The van der Waals surface area contributed by atoms with Gasteiger partial charge in [0, 0.05) is 5.56 Å². The Bertz CT molecular complexity index is 808. The molecular weight excluding hydrogens is 382 g/mol. The largest absolute Gasteiger partial charge is 0.493 e. The molecule has 150 valence electrons. The molecule has 9 heteroatoms. The first-order valence-corrected chi connectivity index (χ1v) is 9.64. The van der Waals surface area contributed by atoms with Gasteiger partial charge in [-0.05, 0) is 36.1 Å². The van der Waals surface area contributed by atoms with Gasteiger partial charge in [0.05, 0.1) is 25.1 Å². The summed E-state index contributed by atoms with van der Waals surface area (Å²) in [5.74, 6) is -0.438. The van der Waals surface area contributed by atoms with Crippen LogP contribution in [0.25, 0.3) is 0 Å². The zero-order valence-electron chi connectivity index (χ0n) is 15.7. The van der Waals surface area contributed by atoms with E-state index >= 15 is 0 Å². The van der Waals surface area contributed by atoms with Gasteiger partial charge in [0.15, 0.2) is 11.5 Å². The summed E-state index contributed by atoms with van der Waals surface area (Å²) in [5.41, 5.74) is 4.84. The van der Waals surface area contributed by atoms with Crippen molar-refractivity contribution >= 4 is 29.1 Å². The average molecular weight is 405 g/mol. The average Bonchev–Trinajstić information content (AvgIpc) is 3.25. The third-order valence-corrected chi connectivity index (χ3v) is 4.52. The van der Waals surface area contributed by atoms with Crippen LogP contribution in [-0.2, 0) is 4.79 Å². The van der Waals surface area contributed by atoms with Gasteiger partial charge in [0.25, 0.3) is 17.7 Å². The number of ether oxygens (including phenoxy) is 2. The van der Waals surface area contributed by atoms with Crippen LogP contribution in [0.4, 0.5) is 0 Å². The number of unbranched alkanes of at least 4 members (excludes halogenated alkanes) is 1. The number of hydrogen-bond donors (Lipinski definition) is 3. The molecule has 3 N–H and O–H groups in total. The van der Waals surface area contributed by atoms with Crippen LogP contribution in [0, 0.1) is 0 Å². The molecule has 0 unspecified atom stereocenters. The van der Waals surface area contributed by atoms with Crippen molar-refractivity contribution in [1.82, 2.24) is 16.2 Å². The van der Waals surface area contributed by atoms with E-state index in [9.17, 15) is 14.4 Å². The standard InChI is InChI=1S/C19H23N3O5S/c1-3-4-9-27-14-8-7-13(11-15(14)26-2)18(24)22-21-17(23)12-20-19(25)16-6-5-10-28-16/h5-8,10-11H,3-4,9,12H2,1-2H3,(H,20,25)(H,21,23)(H,22,24). The van der Waals surface area contributed by atoms with E-state index in [4.69, 9.17) is 9.47 Å². The van der Waals surface area contributed by atoms with Crippen molar-refractivity contribution in [2.75, 3.05) is 20.3 Å². The zero-order chi connectivity index (χ0) is 20.4. The van der Waals surface area contributed by atoms with Gasteiger partial charge in [-0.2, -0.15) is 0 Å². The summed E-state index contributed by atoms with van der Waals surface area (Å²) >= 11 is 1.27. The molecule has 1 aromatic carbocycles. The number of hydrogen-bond acceptors (Lipinski definition) is 6. The van der Waals surface area contributed by atoms with E-state index in [1.165, 1.54) is 24.5 Å². The molecule has 2 rings (SSSR count). The monoisotopic (exact) mass is 405 g/mol. The van der Waals surface area contributed by atoms with Crippen molar-refractivity contribution in [3.05, 3.63) is 46.2 Å². The highest BCUT2D eigenvalue weighted by atomic mass is 32.1. The Labute approximate surface area is 167 Å². The van der Waals surface area contributed by atoms with Gasteiger partial charge in [0.2, 0.25) is 0 Å². The van der Waals surface area contributed by atoms with Crippen LogP contribution < -0.4 is 25.6 Å². The number of methoxy groups -OCH3 is 1. The Morgan fingerprint density at radius 2 is 1.89 bits per heavy atom. The van der Waals surface area contributed by atoms with E-state index in [1.807, 2.05) is 0 Å². The zero-order valence-corrected chi connectivity index (χ0v) is 16.6. The van der Waals surface area contributed by atoms with Crippen LogP contribution in [0.15, 0.2) is 35.7 Å². The maximum absolute atomic E-state index is 12.2. The Balaban J connectivity index is 1.83. The highest BCUT2D eigenvalue weighted by Crippen LogP contribution is 2.28. The van der Waals surface area contributed by atoms with Gasteiger partial charge < -0.3 is 14.8 Å². The topological polar surface area (TPSA) is 106 Å². The predicted octanol–water partition coefficient (Wildman–Crippen LogP) is 2.13. The van der Waals surface area contributed by atoms with Gasteiger partial charge in [0.1, 0.15) is 0 Å². The molecule has 3 amide bonds. The summed E-state index contributed by atoms with van der Waals surface area (Å²) in [5, 5.41) is 4.24. The normalized spacial score (nSPS) is 10.1. The summed E-state index contributed by atoms with van der Waals surface area (Å²) in [6.45, 7) is 2.37. The maximum Gasteiger partial charge on any atom is 0.269 e. The first-order chi connectivity index (χ1) is 13.5. The molecule has 0 radical (unpaired) electrons. The van der Waals surface area contributed by atoms with Crippen LogP contribution in [0.3, 0.4) is 0 Å². The number of nitrogens with one attached hydrogen (secondary N) is 3. The number of amides is 3. The van der Waals surface area contributed by atoms with Crippen molar-refractivity contribution in [3.63, 3.8) is 0 Å². The molecule has 1 heterocycles. The molecule has 1 aromatic heterocycles. The van der Waals surface area contributed by atoms with Crippen LogP contribution in [0.5, 0.6) is 11.5 Å². The summed E-state index contributed by atoms with van der Waals surface area (Å²) in [6, 6.07) is 8.15. The first kappa shape index (κ1) is 21.2. The molecular formula is C19H23N3O5S. The summed E-state index contributed by atoms with van der Waals surface area (Å²) < 4.78 is 10.9. The number of hydrazine groups is 1. The third-order valence-electron chi connectivity index (χ3n) is 3.65. The van der Waals surface area contributed by atoms with Crippen molar-refractivity contribution < 1.29 is 23.9 Å². The van der Waals surface area contributed by atoms with Crippen molar-refractivity contribution in [3.8, 4) is 11.5 Å². The fourth-order valence-electron chi connectivity index (χ4n) is 2.15. The lowest BCUT2D eigenvalue weighted by Gasteiger charge is -2.12. The summed E-state index contributed by atoms with van der Waals surface area (Å²) in [4.78, 5) is 36.3. The SMILES string of the molecule is CCCCOc1ccc(C(=O)NNC(=O)CNC(=O)c2cccs2)cc1OC. The van der Waals surface area contributed by atoms with Gasteiger partial charge >= 0.3 is 0 Å². The minimum absolute atomic E-state index is 0.259. The molecule has 0 spiro atoms. The van der Waals surface area contributed by atoms with Gasteiger partial charge in [-0.1, -0.05) is 19.4 Å². The number of rotatable bonds is 9. The lowest BCUT2D eigenvalue weighted by molar-refractivity contribution is -0.120. The summed E-state index contributed by atoms with van der Waals surface area (Å²) in [7, 11) is 1.49. The fourth-order valence-corrected chi connectivity index (χ4v) is 2.79. The van der Waals surface area contributed by atoms with E-state index in [-0.39, 0.29) is 12.5 Å². The molecule has 8 nitrogen and oxygen atoms in total. The lowest BCUT2D eigenvalue weighted by Crippen LogP contribution is -2.46. The molecule has 0 saturated carbocycles. The lowest BCUT2D eigenvalue weighted by atomic mass is 10.2. The van der Waals surface area contributed by atoms with E-state index in [0.29, 0.717) is 28.5 Å². The second-order valence-corrected chi connectivity index (χ2v) is 6.68. The smallest absolute Gasteiger partial charge is 0.269 e. The second-order valence-electron chi connectivity index (χ2n) is 5.73. The third kappa shape index (κ3) is 6.27. The maximum atomic E-state index is 12.2. The fraction of sp³-hybridized carbons (Fsp3) is 0.316. The van der Waals surface area contributed by atoms with Crippen molar-refractivity contribution in [2.24, 2.45) is 0 Å². The van der Waals surface area contributed by atoms with E-state index in [2.05, 4.69) is 23.1 Å².